The maximum Gasteiger partial charge on any atom is 0.140 e. The molecule has 2 bridgehead atoms. The van der Waals surface area contributed by atoms with Crippen LogP contribution >= 0.6 is 0 Å². The van der Waals surface area contributed by atoms with Gasteiger partial charge in [0, 0.05) is 25.2 Å². The molecular weight excluding hydrogens is 212 g/mol. The van der Waals surface area contributed by atoms with Crippen molar-refractivity contribution >= 4 is 5.69 Å². The number of nitrogens with zero attached hydrogens (tertiary/aromatic N) is 3. The van der Waals surface area contributed by atoms with E-state index in [1.165, 1.54) is 19.3 Å². The topological polar surface area (TPSA) is 52.0 Å². The standard InChI is InChI=1S/C13H16N4/c14-7-11-3-4-13(8-15-11)17-6-5-10-1-2-12(9-17)16-10/h3-4,8,10,12,16H,1-2,5-6,9H2. The number of rotatable bonds is 1. The molecule has 0 aliphatic carbocycles. The highest BCUT2D eigenvalue weighted by Crippen LogP contribution is 2.24. The van der Waals surface area contributed by atoms with Gasteiger partial charge in [0.1, 0.15) is 11.8 Å². The van der Waals surface area contributed by atoms with E-state index in [1.54, 1.807) is 6.07 Å². The van der Waals surface area contributed by atoms with E-state index in [0.29, 0.717) is 17.8 Å². The smallest absolute Gasteiger partial charge is 0.140 e. The molecule has 2 unspecified atom stereocenters. The Hall–Kier alpha value is -1.60. The Morgan fingerprint density at radius 2 is 2.18 bits per heavy atom. The van der Waals surface area contributed by atoms with Crippen LogP contribution < -0.4 is 10.2 Å². The molecule has 4 nitrogen and oxygen atoms in total. The van der Waals surface area contributed by atoms with Crippen molar-refractivity contribution in [1.29, 1.82) is 5.26 Å². The molecule has 0 saturated carbocycles. The van der Waals surface area contributed by atoms with E-state index < -0.39 is 0 Å². The monoisotopic (exact) mass is 228 g/mol. The summed E-state index contributed by atoms with van der Waals surface area (Å²) in [6.45, 7) is 2.14. The maximum absolute atomic E-state index is 8.73. The van der Waals surface area contributed by atoms with Gasteiger partial charge in [-0.15, -0.1) is 0 Å². The summed E-state index contributed by atoms with van der Waals surface area (Å²) in [7, 11) is 0. The van der Waals surface area contributed by atoms with E-state index in [4.69, 9.17) is 5.26 Å². The normalized spacial score (nSPS) is 27.6. The lowest BCUT2D eigenvalue weighted by atomic mass is 10.1. The van der Waals surface area contributed by atoms with Crippen LogP contribution in [0.25, 0.3) is 0 Å². The highest BCUT2D eigenvalue weighted by atomic mass is 15.2. The van der Waals surface area contributed by atoms with E-state index in [-0.39, 0.29) is 0 Å². The van der Waals surface area contributed by atoms with Gasteiger partial charge < -0.3 is 10.2 Å². The lowest BCUT2D eigenvalue weighted by Gasteiger charge is -2.25. The predicted molar refractivity (Wildman–Crippen MR) is 65.7 cm³/mol. The van der Waals surface area contributed by atoms with E-state index in [0.717, 1.165) is 18.8 Å². The van der Waals surface area contributed by atoms with Crippen molar-refractivity contribution < 1.29 is 0 Å². The molecule has 88 valence electrons. The van der Waals surface area contributed by atoms with Gasteiger partial charge in [0.2, 0.25) is 0 Å². The summed E-state index contributed by atoms with van der Waals surface area (Å²) in [6.07, 6.45) is 5.63. The number of pyridine rings is 1. The highest BCUT2D eigenvalue weighted by Gasteiger charge is 2.29. The molecule has 1 N–H and O–H groups in total. The average molecular weight is 228 g/mol. The Kier molecular flexibility index (Phi) is 2.69. The molecule has 1 aromatic rings. The zero-order valence-corrected chi connectivity index (χ0v) is 9.76. The molecule has 17 heavy (non-hydrogen) atoms. The maximum atomic E-state index is 8.73. The molecule has 3 heterocycles. The quantitative estimate of drug-likeness (QED) is 0.786. The highest BCUT2D eigenvalue weighted by molar-refractivity contribution is 5.46. The fourth-order valence-electron chi connectivity index (χ4n) is 2.82. The fourth-order valence-corrected chi connectivity index (χ4v) is 2.82. The minimum absolute atomic E-state index is 0.489. The number of aromatic nitrogens is 1. The summed E-state index contributed by atoms with van der Waals surface area (Å²) in [5.74, 6) is 0. The summed E-state index contributed by atoms with van der Waals surface area (Å²) in [4.78, 5) is 6.52. The van der Waals surface area contributed by atoms with Crippen molar-refractivity contribution in [2.75, 3.05) is 18.0 Å². The minimum atomic E-state index is 0.489. The molecule has 2 aliphatic heterocycles. The van der Waals surface area contributed by atoms with Gasteiger partial charge in [0.05, 0.1) is 11.9 Å². The first-order valence-corrected chi connectivity index (χ1v) is 6.22. The summed E-state index contributed by atoms with van der Waals surface area (Å²) in [5.41, 5.74) is 1.63. The van der Waals surface area contributed by atoms with E-state index in [1.807, 2.05) is 12.3 Å². The van der Waals surface area contributed by atoms with Crippen LogP contribution in [0.4, 0.5) is 5.69 Å². The minimum Gasteiger partial charge on any atom is -0.369 e. The van der Waals surface area contributed by atoms with Crippen molar-refractivity contribution in [3.8, 4) is 6.07 Å². The number of anilines is 1. The summed E-state index contributed by atoms with van der Waals surface area (Å²) >= 11 is 0. The van der Waals surface area contributed by atoms with E-state index in [9.17, 15) is 0 Å². The lowest BCUT2D eigenvalue weighted by molar-refractivity contribution is 0.563. The number of fused-ring (bicyclic) bond motifs is 2. The summed E-state index contributed by atoms with van der Waals surface area (Å²) in [5, 5.41) is 12.4. The molecule has 2 saturated heterocycles. The number of nitrogens with one attached hydrogen (secondary N) is 1. The van der Waals surface area contributed by atoms with Crippen LogP contribution in [0.5, 0.6) is 0 Å². The zero-order chi connectivity index (χ0) is 11.7. The van der Waals surface area contributed by atoms with Crippen LogP contribution in [0.3, 0.4) is 0 Å². The molecule has 0 spiro atoms. The number of nitriles is 1. The Morgan fingerprint density at radius 3 is 2.94 bits per heavy atom. The first kappa shape index (κ1) is 10.5. The molecular formula is C13H16N4. The predicted octanol–water partition coefficient (Wildman–Crippen LogP) is 1.28. The second kappa shape index (κ2) is 4.34. The van der Waals surface area contributed by atoms with Gasteiger partial charge in [0.15, 0.2) is 0 Å². The number of hydrogen-bond donors (Lipinski definition) is 1. The SMILES string of the molecule is N#Cc1ccc(N2CCC3CCC(C2)N3)cn1. The van der Waals surface area contributed by atoms with Gasteiger partial charge in [0.25, 0.3) is 0 Å². The molecule has 0 amide bonds. The van der Waals surface area contributed by atoms with Crippen LogP contribution in [-0.4, -0.2) is 30.2 Å². The van der Waals surface area contributed by atoms with Gasteiger partial charge in [-0.3, -0.25) is 0 Å². The third-order valence-electron chi connectivity index (χ3n) is 3.75. The van der Waals surface area contributed by atoms with Crippen molar-refractivity contribution in [3.05, 3.63) is 24.0 Å². The van der Waals surface area contributed by atoms with Crippen LogP contribution in [0.2, 0.25) is 0 Å². The molecule has 4 heteroatoms. The molecule has 1 aromatic heterocycles. The zero-order valence-electron chi connectivity index (χ0n) is 9.76. The van der Waals surface area contributed by atoms with Crippen LogP contribution in [0.1, 0.15) is 25.0 Å². The van der Waals surface area contributed by atoms with Gasteiger partial charge in [-0.25, -0.2) is 4.98 Å². The van der Waals surface area contributed by atoms with Gasteiger partial charge in [-0.05, 0) is 31.4 Å². The van der Waals surface area contributed by atoms with Crippen LogP contribution in [-0.2, 0) is 0 Å². The van der Waals surface area contributed by atoms with Crippen molar-refractivity contribution in [3.63, 3.8) is 0 Å². The Labute approximate surface area is 101 Å². The molecule has 0 radical (unpaired) electrons. The molecule has 2 aliphatic rings. The van der Waals surface area contributed by atoms with Gasteiger partial charge in [-0.2, -0.15) is 5.26 Å². The molecule has 0 aromatic carbocycles. The first-order chi connectivity index (χ1) is 8.35. The fraction of sp³-hybridized carbons (Fsp3) is 0.538. The van der Waals surface area contributed by atoms with Crippen LogP contribution in [0, 0.1) is 11.3 Å². The summed E-state index contributed by atoms with van der Waals surface area (Å²) in [6, 6.07) is 7.18. The van der Waals surface area contributed by atoms with Crippen molar-refractivity contribution in [2.24, 2.45) is 0 Å². The Morgan fingerprint density at radius 1 is 1.29 bits per heavy atom. The van der Waals surface area contributed by atoms with Gasteiger partial charge in [-0.1, -0.05) is 0 Å². The molecule has 2 atom stereocenters. The number of hydrogen-bond acceptors (Lipinski definition) is 4. The Bertz CT molecular complexity index is 434. The molecule has 2 fully saturated rings. The van der Waals surface area contributed by atoms with Gasteiger partial charge >= 0.3 is 0 Å². The van der Waals surface area contributed by atoms with E-state index in [2.05, 4.69) is 21.3 Å². The molecule has 3 rings (SSSR count). The second-order valence-electron chi connectivity index (χ2n) is 4.89. The first-order valence-electron chi connectivity index (χ1n) is 6.22. The van der Waals surface area contributed by atoms with E-state index >= 15 is 0 Å². The van der Waals surface area contributed by atoms with Crippen molar-refractivity contribution in [2.45, 2.75) is 31.3 Å². The third kappa shape index (κ3) is 2.11. The van der Waals surface area contributed by atoms with Crippen LogP contribution in [0.15, 0.2) is 18.3 Å². The van der Waals surface area contributed by atoms with Crippen molar-refractivity contribution in [1.82, 2.24) is 10.3 Å². The largest absolute Gasteiger partial charge is 0.369 e. The lowest BCUT2D eigenvalue weighted by Crippen LogP contribution is -2.35. The average Bonchev–Trinajstić information content (AvgIpc) is 2.69. The third-order valence-corrected chi connectivity index (χ3v) is 3.75. The Balaban J connectivity index is 1.77. The summed E-state index contributed by atoms with van der Waals surface area (Å²) < 4.78 is 0. The second-order valence-corrected chi connectivity index (χ2v) is 4.89.